The normalized spacial score (nSPS) is 20.0. The van der Waals surface area contributed by atoms with E-state index in [1.54, 1.807) is 4.90 Å². The van der Waals surface area contributed by atoms with E-state index in [0.29, 0.717) is 25.0 Å². The summed E-state index contributed by atoms with van der Waals surface area (Å²) in [6.45, 7) is 5.87. The highest BCUT2D eigenvalue weighted by molar-refractivity contribution is 6.00. The molecule has 164 valence electrons. The number of amides is 1. The first-order valence-electron chi connectivity index (χ1n) is 10.7. The lowest BCUT2D eigenvalue weighted by atomic mass is 9.82. The van der Waals surface area contributed by atoms with Crippen LogP contribution in [0.3, 0.4) is 0 Å². The topological polar surface area (TPSA) is 62.2 Å². The molecule has 32 heavy (non-hydrogen) atoms. The Morgan fingerprint density at radius 1 is 1.06 bits per heavy atom. The molecule has 1 amide bonds. The Labute approximate surface area is 184 Å². The molecule has 0 unspecified atom stereocenters. The van der Waals surface area contributed by atoms with Gasteiger partial charge in [0.1, 0.15) is 17.3 Å². The van der Waals surface area contributed by atoms with Crippen molar-refractivity contribution in [2.24, 2.45) is 5.92 Å². The van der Waals surface area contributed by atoms with Gasteiger partial charge in [-0.1, -0.05) is 0 Å². The van der Waals surface area contributed by atoms with Crippen LogP contribution in [-0.4, -0.2) is 51.4 Å². The summed E-state index contributed by atoms with van der Waals surface area (Å²) in [5.41, 5.74) is 2.20. The average molecular weight is 435 g/mol. The van der Waals surface area contributed by atoms with Crippen molar-refractivity contribution in [1.29, 1.82) is 0 Å². The first-order valence-corrected chi connectivity index (χ1v) is 10.7. The van der Waals surface area contributed by atoms with Crippen molar-refractivity contribution in [2.75, 3.05) is 24.5 Å². The fraction of sp³-hybridized carbons (Fsp3) is 0.333. The Morgan fingerprint density at radius 2 is 1.84 bits per heavy atom. The monoisotopic (exact) mass is 435 g/mol. The van der Waals surface area contributed by atoms with Crippen molar-refractivity contribution in [1.82, 2.24) is 19.9 Å². The minimum Gasteiger partial charge on any atom is -0.337 e. The zero-order chi connectivity index (χ0) is 22.4. The van der Waals surface area contributed by atoms with Gasteiger partial charge in [0.2, 0.25) is 5.95 Å². The van der Waals surface area contributed by atoms with Crippen molar-refractivity contribution >= 4 is 11.9 Å². The lowest BCUT2D eigenvalue weighted by Crippen LogP contribution is -2.65. The molecule has 6 nitrogen and oxygen atoms in total. The molecule has 2 saturated heterocycles. The maximum atomic E-state index is 14.4. The summed E-state index contributed by atoms with van der Waals surface area (Å²) in [6.07, 6.45) is 2.30. The highest BCUT2D eigenvalue weighted by Gasteiger charge is 2.45. The summed E-state index contributed by atoms with van der Waals surface area (Å²) in [5.74, 6) is -0.224. The predicted octanol–water partition coefficient (Wildman–Crippen LogP) is 3.78. The summed E-state index contributed by atoms with van der Waals surface area (Å²) in [7, 11) is 0. The summed E-state index contributed by atoms with van der Waals surface area (Å²) < 4.78 is 28.4. The molecular formula is C24H23F2N5O. The molecule has 2 aliphatic heterocycles. The van der Waals surface area contributed by atoms with E-state index in [0.717, 1.165) is 24.4 Å². The molecule has 5 rings (SSSR count). The number of pyridine rings is 1. The van der Waals surface area contributed by atoms with Crippen LogP contribution >= 0.6 is 0 Å². The lowest BCUT2D eigenvalue weighted by Gasteiger charge is -2.53. The Kier molecular flexibility index (Phi) is 5.07. The number of carbonyl (C=O) groups excluding carboxylic acids is 1. The SMILES string of the molecule is Cc1cc(C)nc(N2C[C@@H]3CCN(C(=O)c4ccc(F)cc4-c4ncccc4F)C[C@@H]32)n1. The third kappa shape index (κ3) is 3.59. The molecular weight excluding hydrogens is 412 g/mol. The van der Waals surface area contributed by atoms with Gasteiger partial charge in [0, 0.05) is 54.3 Å². The van der Waals surface area contributed by atoms with Crippen LogP contribution in [0.4, 0.5) is 14.7 Å². The minimum absolute atomic E-state index is 0.0286. The molecule has 2 aliphatic rings. The van der Waals surface area contributed by atoms with Gasteiger partial charge in [-0.3, -0.25) is 9.78 Å². The Morgan fingerprint density at radius 3 is 2.59 bits per heavy atom. The van der Waals surface area contributed by atoms with E-state index >= 15 is 0 Å². The number of halogens is 2. The summed E-state index contributed by atoms with van der Waals surface area (Å²) in [6, 6.07) is 8.59. The number of piperidine rings is 1. The van der Waals surface area contributed by atoms with Gasteiger partial charge < -0.3 is 9.80 Å². The Hall–Kier alpha value is -3.42. The van der Waals surface area contributed by atoms with Gasteiger partial charge in [-0.2, -0.15) is 0 Å². The number of aryl methyl sites for hydroxylation is 2. The first kappa shape index (κ1) is 20.5. The van der Waals surface area contributed by atoms with Crippen LogP contribution in [0, 0.1) is 31.4 Å². The number of likely N-dealkylation sites (tertiary alicyclic amines) is 1. The van der Waals surface area contributed by atoms with Gasteiger partial charge in [0.25, 0.3) is 5.91 Å². The van der Waals surface area contributed by atoms with E-state index in [9.17, 15) is 13.6 Å². The second-order valence-corrected chi connectivity index (χ2v) is 8.49. The zero-order valence-electron chi connectivity index (χ0n) is 17.9. The molecule has 0 radical (unpaired) electrons. The number of anilines is 1. The maximum Gasteiger partial charge on any atom is 0.254 e. The number of benzene rings is 1. The van der Waals surface area contributed by atoms with Crippen molar-refractivity contribution in [3.63, 3.8) is 0 Å². The van der Waals surface area contributed by atoms with E-state index < -0.39 is 11.6 Å². The average Bonchev–Trinajstić information content (AvgIpc) is 2.74. The van der Waals surface area contributed by atoms with Crippen LogP contribution in [-0.2, 0) is 0 Å². The number of hydrogen-bond donors (Lipinski definition) is 0. The minimum atomic E-state index is -0.594. The van der Waals surface area contributed by atoms with E-state index in [2.05, 4.69) is 19.9 Å². The van der Waals surface area contributed by atoms with E-state index in [4.69, 9.17) is 0 Å². The van der Waals surface area contributed by atoms with Gasteiger partial charge in [-0.15, -0.1) is 0 Å². The molecule has 2 atom stereocenters. The highest BCUT2D eigenvalue weighted by Crippen LogP contribution is 2.36. The van der Waals surface area contributed by atoms with Gasteiger partial charge in [-0.25, -0.2) is 18.7 Å². The summed E-state index contributed by atoms with van der Waals surface area (Å²) in [5, 5.41) is 0. The molecule has 2 aromatic heterocycles. The number of nitrogens with zero attached hydrogens (tertiary/aromatic N) is 5. The summed E-state index contributed by atoms with van der Waals surface area (Å²) in [4.78, 5) is 30.5. The molecule has 0 spiro atoms. The second-order valence-electron chi connectivity index (χ2n) is 8.49. The maximum absolute atomic E-state index is 14.4. The molecule has 1 aromatic carbocycles. The van der Waals surface area contributed by atoms with Crippen LogP contribution < -0.4 is 4.90 Å². The third-order valence-corrected chi connectivity index (χ3v) is 6.29. The van der Waals surface area contributed by atoms with Crippen LogP contribution in [0.25, 0.3) is 11.3 Å². The molecule has 0 saturated carbocycles. The quantitative estimate of drug-likeness (QED) is 0.627. The molecule has 3 aromatic rings. The molecule has 2 fully saturated rings. The number of hydrogen-bond acceptors (Lipinski definition) is 5. The molecule has 8 heteroatoms. The van der Waals surface area contributed by atoms with Crippen LogP contribution in [0.2, 0.25) is 0 Å². The second kappa shape index (κ2) is 7.93. The van der Waals surface area contributed by atoms with Gasteiger partial charge >= 0.3 is 0 Å². The smallest absolute Gasteiger partial charge is 0.254 e. The standard InChI is InChI=1S/C24H23F2N5O/c1-14-10-15(2)29-24(28-14)31-12-16-7-9-30(13-21(16)31)23(32)18-6-5-17(25)11-19(18)22-20(26)4-3-8-27-22/h3-6,8,10-11,16,21H,7,9,12-13H2,1-2H3/t16-,21-/m0/s1. The molecule has 4 heterocycles. The van der Waals surface area contributed by atoms with Crippen LogP contribution in [0.5, 0.6) is 0 Å². The Bertz CT molecular complexity index is 1180. The fourth-order valence-corrected chi connectivity index (χ4v) is 4.70. The van der Waals surface area contributed by atoms with E-state index in [1.807, 2.05) is 19.9 Å². The first-order chi connectivity index (χ1) is 15.4. The van der Waals surface area contributed by atoms with E-state index in [-0.39, 0.29) is 28.8 Å². The molecule has 0 aliphatic carbocycles. The fourth-order valence-electron chi connectivity index (χ4n) is 4.70. The van der Waals surface area contributed by atoms with Gasteiger partial charge in [0.05, 0.1) is 6.04 Å². The Balaban J connectivity index is 1.42. The number of fused-ring (bicyclic) bond motifs is 1. The van der Waals surface area contributed by atoms with Crippen LogP contribution in [0.1, 0.15) is 28.2 Å². The number of aromatic nitrogens is 3. The zero-order valence-corrected chi connectivity index (χ0v) is 17.9. The van der Waals surface area contributed by atoms with Crippen LogP contribution in [0.15, 0.2) is 42.6 Å². The van der Waals surface area contributed by atoms with Gasteiger partial charge in [0.15, 0.2) is 0 Å². The van der Waals surface area contributed by atoms with Crippen molar-refractivity contribution in [3.8, 4) is 11.3 Å². The van der Waals surface area contributed by atoms with Crippen molar-refractivity contribution < 1.29 is 13.6 Å². The predicted molar refractivity (Wildman–Crippen MR) is 116 cm³/mol. The van der Waals surface area contributed by atoms with Crippen molar-refractivity contribution in [3.05, 3.63) is 71.2 Å². The highest BCUT2D eigenvalue weighted by atomic mass is 19.1. The summed E-state index contributed by atoms with van der Waals surface area (Å²) >= 11 is 0. The molecule has 0 N–H and O–H groups in total. The third-order valence-electron chi connectivity index (χ3n) is 6.29. The largest absolute Gasteiger partial charge is 0.337 e. The number of rotatable bonds is 3. The number of carbonyl (C=O) groups is 1. The lowest BCUT2D eigenvalue weighted by molar-refractivity contribution is 0.0590. The van der Waals surface area contributed by atoms with Gasteiger partial charge in [-0.05, 0) is 56.7 Å². The molecule has 0 bridgehead atoms. The van der Waals surface area contributed by atoms with E-state index in [1.165, 1.54) is 36.5 Å². The van der Waals surface area contributed by atoms with Crippen molar-refractivity contribution in [2.45, 2.75) is 26.3 Å².